The van der Waals surface area contributed by atoms with Crippen molar-refractivity contribution in [2.75, 3.05) is 5.32 Å². The molecule has 3 heterocycles. The zero-order chi connectivity index (χ0) is 21.3. The average Bonchev–Trinajstić information content (AvgIpc) is 3.34. The Morgan fingerprint density at radius 1 is 1.17 bits per heavy atom. The Bertz CT molecular complexity index is 1170. The molecule has 0 saturated carbocycles. The van der Waals surface area contributed by atoms with Crippen LogP contribution in [-0.2, 0) is 12.8 Å². The predicted octanol–water partition coefficient (Wildman–Crippen LogP) is 3.02. The molecule has 1 unspecified atom stereocenters. The summed E-state index contributed by atoms with van der Waals surface area (Å²) in [4.78, 5) is 7.85. The zero-order valence-corrected chi connectivity index (χ0v) is 15.1. The fraction of sp³-hybridized carbons (Fsp3) is 0.167. The lowest BCUT2D eigenvalue weighted by Crippen LogP contribution is -2.16. The van der Waals surface area contributed by atoms with Gasteiger partial charge < -0.3 is 24.8 Å². The van der Waals surface area contributed by atoms with Crippen LogP contribution in [0, 0.1) is 0 Å². The van der Waals surface area contributed by atoms with E-state index in [2.05, 4.69) is 20.4 Å². The molecule has 12 heteroatoms. The van der Waals surface area contributed by atoms with E-state index in [-0.39, 0.29) is 18.3 Å². The maximum Gasteiger partial charge on any atom is 0.432 e. The highest BCUT2D eigenvalue weighted by Crippen LogP contribution is 2.30. The molecule has 4 N–H and O–H groups in total. The summed E-state index contributed by atoms with van der Waals surface area (Å²) in [7, 11) is 0. The van der Waals surface area contributed by atoms with Crippen LogP contribution in [-0.4, -0.2) is 34.9 Å². The van der Waals surface area contributed by atoms with E-state index in [0.717, 1.165) is 6.07 Å². The highest BCUT2D eigenvalue weighted by atomic mass is 19.4. The minimum absolute atomic E-state index is 0.153. The van der Waals surface area contributed by atoms with Gasteiger partial charge in [-0.25, -0.2) is 9.97 Å². The maximum atomic E-state index is 12.7. The summed E-state index contributed by atoms with van der Waals surface area (Å²) < 4.78 is 45.1. The van der Waals surface area contributed by atoms with Crippen LogP contribution >= 0.6 is 0 Å². The van der Waals surface area contributed by atoms with E-state index in [4.69, 9.17) is 9.84 Å². The SMILES string of the molecule is OCc1cc(Oc2ccc3c(ccn3C(O)Nc3cc(C(F)(F)F)[nH]n3)c2)ncn1. The van der Waals surface area contributed by atoms with Crippen molar-refractivity contribution in [3.8, 4) is 11.6 Å². The van der Waals surface area contributed by atoms with Crippen molar-refractivity contribution in [1.29, 1.82) is 0 Å². The number of rotatable bonds is 6. The minimum atomic E-state index is -4.56. The third-order valence-corrected chi connectivity index (χ3v) is 4.20. The first kappa shape index (κ1) is 19.7. The topological polar surface area (TPSA) is 121 Å². The number of anilines is 1. The Kier molecular flexibility index (Phi) is 5.01. The number of fused-ring (bicyclic) bond motifs is 1. The van der Waals surface area contributed by atoms with Crippen LogP contribution in [0.3, 0.4) is 0 Å². The summed E-state index contributed by atoms with van der Waals surface area (Å²) in [5.41, 5.74) is -0.00780. The third-order valence-electron chi connectivity index (χ3n) is 4.20. The van der Waals surface area contributed by atoms with Gasteiger partial charge in [0.15, 0.2) is 5.82 Å². The molecule has 3 aromatic heterocycles. The number of H-pyrrole nitrogens is 1. The van der Waals surface area contributed by atoms with Crippen LogP contribution in [0.4, 0.5) is 19.0 Å². The number of hydrogen-bond donors (Lipinski definition) is 4. The van der Waals surface area contributed by atoms with E-state index in [1.165, 1.54) is 17.0 Å². The molecule has 0 radical (unpaired) electrons. The van der Waals surface area contributed by atoms with Gasteiger partial charge >= 0.3 is 6.18 Å². The number of nitrogens with one attached hydrogen (secondary N) is 2. The van der Waals surface area contributed by atoms with Crippen molar-refractivity contribution in [3.05, 3.63) is 60.3 Å². The minimum Gasteiger partial charge on any atom is -0.439 e. The Hall–Kier alpha value is -3.64. The van der Waals surface area contributed by atoms with Crippen molar-refractivity contribution in [1.82, 2.24) is 24.7 Å². The van der Waals surface area contributed by atoms with E-state index in [1.54, 1.807) is 30.5 Å². The van der Waals surface area contributed by atoms with E-state index in [0.29, 0.717) is 22.3 Å². The molecule has 4 aromatic rings. The third kappa shape index (κ3) is 4.04. The molecule has 1 aromatic carbocycles. The maximum absolute atomic E-state index is 12.7. The standard InChI is InChI=1S/C18H15F3N6O3/c19-18(20,21)14-7-15(26-25-14)24-17(29)27-4-3-10-5-12(1-2-13(10)27)30-16-6-11(8-28)22-9-23-16/h1-7,9,17,28-29H,8H2,(H2,24,25,26). The quantitative estimate of drug-likeness (QED) is 0.354. The summed E-state index contributed by atoms with van der Waals surface area (Å²) in [6.07, 6.45) is -3.07. The van der Waals surface area contributed by atoms with Gasteiger partial charge in [0.05, 0.1) is 17.8 Å². The van der Waals surface area contributed by atoms with Gasteiger partial charge in [0.25, 0.3) is 0 Å². The number of aromatic nitrogens is 5. The van der Waals surface area contributed by atoms with Crippen molar-refractivity contribution in [3.63, 3.8) is 0 Å². The average molecular weight is 420 g/mol. The molecule has 0 saturated heterocycles. The second kappa shape index (κ2) is 7.65. The summed E-state index contributed by atoms with van der Waals surface area (Å²) in [6.45, 7) is -0.244. The van der Waals surface area contributed by atoms with E-state index < -0.39 is 18.2 Å². The van der Waals surface area contributed by atoms with Crippen molar-refractivity contribution < 1.29 is 28.1 Å². The first-order valence-electron chi connectivity index (χ1n) is 8.61. The number of hydrogen-bond acceptors (Lipinski definition) is 7. The van der Waals surface area contributed by atoms with Crippen LogP contribution in [0.2, 0.25) is 0 Å². The lowest BCUT2D eigenvalue weighted by molar-refractivity contribution is -0.141. The Labute approximate surface area is 166 Å². The van der Waals surface area contributed by atoms with Crippen LogP contribution < -0.4 is 10.1 Å². The molecule has 0 aliphatic heterocycles. The lowest BCUT2D eigenvalue weighted by Gasteiger charge is -2.15. The van der Waals surface area contributed by atoms with Gasteiger partial charge in [-0.2, -0.15) is 18.3 Å². The van der Waals surface area contributed by atoms with Crippen LogP contribution in [0.5, 0.6) is 11.6 Å². The number of alkyl halides is 3. The molecular weight excluding hydrogens is 405 g/mol. The van der Waals surface area contributed by atoms with Crippen LogP contribution in [0.15, 0.2) is 48.9 Å². The Balaban J connectivity index is 1.52. The summed E-state index contributed by atoms with van der Waals surface area (Å²) >= 11 is 0. The number of aromatic amines is 1. The van der Waals surface area contributed by atoms with Gasteiger partial charge in [0.1, 0.15) is 17.8 Å². The van der Waals surface area contributed by atoms with Gasteiger partial charge in [-0.1, -0.05) is 0 Å². The lowest BCUT2D eigenvalue weighted by atomic mass is 10.2. The van der Waals surface area contributed by atoms with Gasteiger partial charge in [-0.3, -0.25) is 5.10 Å². The number of nitrogens with zero attached hydrogens (tertiary/aromatic N) is 4. The fourth-order valence-electron chi connectivity index (χ4n) is 2.80. The number of benzene rings is 1. The molecule has 0 amide bonds. The number of aliphatic hydroxyl groups excluding tert-OH is 2. The van der Waals surface area contributed by atoms with Crippen molar-refractivity contribution in [2.45, 2.75) is 19.1 Å². The molecule has 30 heavy (non-hydrogen) atoms. The molecule has 1 atom stereocenters. The molecule has 156 valence electrons. The first-order chi connectivity index (χ1) is 14.3. The molecule has 0 spiro atoms. The molecule has 4 rings (SSSR count). The number of ether oxygens (including phenoxy) is 1. The normalized spacial score (nSPS) is 12.8. The highest BCUT2D eigenvalue weighted by Gasteiger charge is 2.33. The Morgan fingerprint density at radius 3 is 2.73 bits per heavy atom. The summed E-state index contributed by atoms with van der Waals surface area (Å²) in [5, 5.41) is 28.1. The largest absolute Gasteiger partial charge is 0.439 e. The van der Waals surface area contributed by atoms with Gasteiger partial charge in [0.2, 0.25) is 12.2 Å². The molecule has 0 fully saturated rings. The molecular formula is C18H15F3N6O3. The zero-order valence-electron chi connectivity index (χ0n) is 15.1. The van der Waals surface area contributed by atoms with Gasteiger partial charge in [-0.05, 0) is 24.3 Å². The molecule has 0 aliphatic carbocycles. The second-order valence-corrected chi connectivity index (χ2v) is 6.23. The van der Waals surface area contributed by atoms with E-state index >= 15 is 0 Å². The van der Waals surface area contributed by atoms with Crippen molar-refractivity contribution >= 4 is 16.7 Å². The van der Waals surface area contributed by atoms with E-state index in [1.807, 2.05) is 5.10 Å². The van der Waals surface area contributed by atoms with Gasteiger partial charge in [0, 0.05) is 23.7 Å². The predicted molar refractivity (Wildman–Crippen MR) is 98.4 cm³/mol. The highest BCUT2D eigenvalue weighted by molar-refractivity contribution is 5.82. The monoisotopic (exact) mass is 420 g/mol. The number of halogens is 3. The molecule has 0 aliphatic rings. The van der Waals surface area contributed by atoms with Crippen molar-refractivity contribution in [2.24, 2.45) is 0 Å². The van der Waals surface area contributed by atoms with E-state index in [9.17, 15) is 18.3 Å². The fourth-order valence-corrected chi connectivity index (χ4v) is 2.80. The van der Waals surface area contributed by atoms with Crippen LogP contribution in [0.25, 0.3) is 10.9 Å². The van der Waals surface area contributed by atoms with Crippen LogP contribution in [0.1, 0.15) is 17.7 Å². The number of aliphatic hydroxyl groups is 2. The summed E-state index contributed by atoms with van der Waals surface area (Å²) in [6, 6.07) is 9.00. The summed E-state index contributed by atoms with van der Waals surface area (Å²) in [5.74, 6) is 0.570. The molecule has 9 nitrogen and oxygen atoms in total. The smallest absolute Gasteiger partial charge is 0.432 e. The van der Waals surface area contributed by atoms with Gasteiger partial charge in [-0.15, -0.1) is 0 Å². The Morgan fingerprint density at radius 2 is 2.00 bits per heavy atom. The molecule has 0 bridgehead atoms. The first-order valence-corrected chi connectivity index (χ1v) is 8.61. The second-order valence-electron chi connectivity index (χ2n) is 6.23.